The number of carbonyl (C=O) groups is 1. The number of hydrogen-bond donors (Lipinski definition) is 2. The van der Waals surface area contributed by atoms with Crippen LogP contribution < -0.4 is 4.72 Å². The van der Waals surface area contributed by atoms with Crippen molar-refractivity contribution in [1.82, 2.24) is 15.0 Å². The van der Waals surface area contributed by atoms with Gasteiger partial charge in [0.1, 0.15) is 12.0 Å². The van der Waals surface area contributed by atoms with Crippen molar-refractivity contribution in [2.45, 2.75) is 24.5 Å². The summed E-state index contributed by atoms with van der Waals surface area (Å²) >= 11 is 0. The van der Waals surface area contributed by atoms with Gasteiger partial charge in [-0.2, -0.15) is 0 Å². The first-order chi connectivity index (χ1) is 12.5. The third kappa shape index (κ3) is 2.74. The molecule has 1 aliphatic carbocycles. The Bertz CT molecular complexity index is 1110. The molecule has 2 heterocycles. The van der Waals surface area contributed by atoms with E-state index >= 15 is 0 Å². The Balaban J connectivity index is 1.70. The summed E-state index contributed by atoms with van der Waals surface area (Å²) in [5.41, 5.74) is 0.242. The molecule has 1 aliphatic rings. The summed E-state index contributed by atoms with van der Waals surface area (Å²) in [6.45, 7) is 0. The predicted octanol–water partition coefficient (Wildman–Crippen LogP) is 2.62. The highest BCUT2D eigenvalue weighted by Crippen LogP contribution is 2.29. The van der Waals surface area contributed by atoms with E-state index in [1.165, 1.54) is 36.9 Å². The van der Waals surface area contributed by atoms with Gasteiger partial charge in [-0.25, -0.2) is 22.8 Å². The van der Waals surface area contributed by atoms with Crippen molar-refractivity contribution in [3.05, 3.63) is 53.9 Å². The number of halogens is 1. The average molecular weight is 374 g/mol. The lowest BCUT2D eigenvalue weighted by atomic mass is 10.0. The summed E-state index contributed by atoms with van der Waals surface area (Å²) < 4.78 is 41.6. The van der Waals surface area contributed by atoms with Gasteiger partial charge in [0.05, 0.1) is 22.1 Å². The first-order valence-corrected chi connectivity index (χ1v) is 9.64. The van der Waals surface area contributed by atoms with Gasteiger partial charge in [0, 0.05) is 17.8 Å². The second kappa shape index (κ2) is 6.17. The van der Waals surface area contributed by atoms with Crippen LogP contribution in [0.5, 0.6) is 0 Å². The molecule has 26 heavy (non-hydrogen) atoms. The maximum atomic E-state index is 14.8. The summed E-state index contributed by atoms with van der Waals surface area (Å²) in [6.07, 6.45) is 6.20. The fraction of sp³-hybridized carbons (Fsp3) is 0.235. The van der Waals surface area contributed by atoms with Gasteiger partial charge >= 0.3 is 0 Å². The Kier molecular flexibility index (Phi) is 3.95. The molecule has 7 nitrogen and oxygen atoms in total. The SMILES string of the molecule is O=C(c1cccc(NS(=O)(=O)C2CCC2)c1F)c1c[nH]c2ncncc12. The summed E-state index contributed by atoms with van der Waals surface area (Å²) in [6, 6.07) is 4.07. The molecule has 0 aliphatic heterocycles. The number of anilines is 1. The quantitative estimate of drug-likeness (QED) is 0.668. The molecule has 0 radical (unpaired) electrons. The molecular weight excluding hydrogens is 359 g/mol. The van der Waals surface area contributed by atoms with Gasteiger partial charge in [-0.3, -0.25) is 9.52 Å². The summed E-state index contributed by atoms with van der Waals surface area (Å²) in [5.74, 6) is -1.47. The van der Waals surface area contributed by atoms with Crippen LogP contribution >= 0.6 is 0 Å². The lowest BCUT2D eigenvalue weighted by Gasteiger charge is -2.25. The van der Waals surface area contributed by atoms with Gasteiger partial charge < -0.3 is 4.98 Å². The molecule has 1 aromatic carbocycles. The van der Waals surface area contributed by atoms with E-state index < -0.39 is 26.9 Å². The number of nitrogens with one attached hydrogen (secondary N) is 2. The van der Waals surface area contributed by atoms with Crippen LogP contribution in [0.3, 0.4) is 0 Å². The molecule has 9 heteroatoms. The highest BCUT2D eigenvalue weighted by Gasteiger charge is 2.32. The van der Waals surface area contributed by atoms with Crippen LogP contribution in [0.1, 0.15) is 35.2 Å². The Hall–Kier alpha value is -2.81. The van der Waals surface area contributed by atoms with E-state index in [1.807, 2.05) is 0 Å². The number of fused-ring (bicyclic) bond motifs is 1. The lowest BCUT2D eigenvalue weighted by Crippen LogP contribution is -2.33. The molecule has 4 rings (SSSR count). The summed E-state index contributed by atoms with van der Waals surface area (Å²) in [5, 5.41) is -0.0376. The van der Waals surface area contributed by atoms with Crippen molar-refractivity contribution in [1.29, 1.82) is 0 Å². The number of aromatic amines is 1. The number of carbonyl (C=O) groups excluding carboxylic acids is 1. The fourth-order valence-electron chi connectivity index (χ4n) is 2.90. The topological polar surface area (TPSA) is 105 Å². The van der Waals surface area contributed by atoms with Crippen molar-refractivity contribution in [3.8, 4) is 0 Å². The standard InChI is InChI=1S/C17H15FN4O3S/c18-15-11(16(23)12-8-20-17-13(12)7-19-9-21-17)5-2-6-14(15)22-26(24,25)10-3-1-4-10/h2,5-10,22H,1,3-4H2,(H,19,20,21). The van der Waals surface area contributed by atoms with Crippen LogP contribution in [0.2, 0.25) is 0 Å². The highest BCUT2D eigenvalue weighted by atomic mass is 32.2. The van der Waals surface area contributed by atoms with Crippen LogP contribution in [0.15, 0.2) is 36.9 Å². The Morgan fingerprint density at radius 1 is 1.27 bits per heavy atom. The highest BCUT2D eigenvalue weighted by molar-refractivity contribution is 7.93. The van der Waals surface area contributed by atoms with Crippen molar-refractivity contribution < 1.29 is 17.6 Å². The number of hydrogen-bond acceptors (Lipinski definition) is 5. The van der Waals surface area contributed by atoms with E-state index in [4.69, 9.17) is 0 Å². The number of rotatable bonds is 5. The molecule has 2 aromatic heterocycles. The number of benzene rings is 1. The van der Waals surface area contributed by atoms with Gasteiger partial charge in [-0.1, -0.05) is 12.5 Å². The van der Waals surface area contributed by atoms with E-state index in [0.29, 0.717) is 23.9 Å². The normalized spacial score (nSPS) is 15.0. The van der Waals surface area contributed by atoms with Crippen molar-refractivity contribution >= 4 is 32.5 Å². The monoisotopic (exact) mass is 374 g/mol. The minimum atomic E-state index is -3.66. The maximum absolute atomic E-state index is 14.8. The first-order valence-electron chi connectivity index (χ1n) is 8.09. The van der Waals surface area contributed by atoms with Gasteiger partial charge in [0.2, 0.25) is 10.0 Å². The zero-order valence-electron chi connectivity index (χ0n) is 13.6. The molecule has 1 saturated carbocycles. The Morgan fingerprint density at radius 2 is 2.08 bits per heavy atom. The second-order valence-electron chi connectivity index (χ2n) is 6.18. The van der Waals surface area contributed by atoms with E-state index in [2.05, 4.69) is 19.7 Å². The second-order valence-corrected chi connectivity index (χ2v) is 8.14. The van der Waals surface area contributed by atoms with Gasteiger partial charge in [0.15, 0.2) is 11.6 Å². The molecule has 1 fully saturated rings. The van der Waals surface area contributed by atoms with Crippen LogP contribution in [-0.4, -0.2) is 34.4 Å². The van der Waals surface area contributed by atoms with Gasteiger partial charge in [0.25, 0.3) is 0 Å². The van der Waals surface area contributed by atoms with Gasteiger partial charge in [-0.05, 0) is 25.0 Å². The van der Waals surface area contributed by atoms with Crippen LogP contribution in [0.4, 0.5) is 10.1 Å². The molecule has 0 amide bonds. The van der Waals surface area contributed by atoms with E-state index in [1.54, 1.807) is 0 Å². The molecular formula is C17H15FN4O3S. The summed E-state index contributed by atoms with van der Waals surface area (Å²) in [7, 11) is -3.66. The number of ketones is 1. The average Bonchev–Trinajstić information content (AvgIpc) is 2.98. The van der Waals surface area contributed by atoms with Crippen molar-refractivity contribution in [2.75, 3.05) is 4.72 Å². The first kappa shape index (κ1) is 16.6. The number of aromatic nitrogens is 3. The summed E-state index contributed by atoms with van der Waals surface area (Å²) in [4.78, 5) is 23.5. The molecule has 134 valence electrons. The fourth-order valence-corrected chi connectivity index (χ4v) is 4.48. The van der Waals surface area contributed by atoms with Crippen LogP contribution in [-0.2, 0) is 10.0 Å². The molecule has 2 N–H and O–H groups in total. The van der Waals surface area contributed by atoms with E-state index in [0.717, 1.165) is 6.42 Å². The molecule has 0 atom stereocenters. The molecule has 0 saturated heterocycles. The smallest absolute Gasteiger partial charge is 0.235 e. The molecule has 3 aromatic rings. The Labute approximate surface area is 148 Å². The zero-order valence-corrected chi connectivity index (χ0v) is 14.4. The third-order valence-corrected chi connectivity index (χ3v) is 6.44. The van der Waals surface area contributed by atoms with Crippen LogP contribution in [0, 0.1) is 5.82 Å². The number of nitrogens with zero attached hydrogens (tertiary/aromatic N) is 2. The minimum Gasteiger partial charge on any atom is -0.345 e. The number of H-pyrrole nitrogens is 1. The lowest BCUT2D eigenvalue weighted by molar-refractivity contribution is 0.103. The molecule has 0 spiro atoms. The van der Waals surface area contributed by atoms with E-state index in [9.17, 15) is 17.6 Å². The molecule has 0 unspecified atom stereocenters. The minimum absolute atomic E-state index is 0.219. The van der Waals surface area contributed by atoms with Crippen molar-refractivity contribution in [3.63, 3.8) is 0 Å². The zero-order chi connectivity index (χ0) is 18.3. The predicted molar refractivity (Wildman–Crippen MR) is 93.9 cm³/mol. The maximum Gasteiger partial charge on any atom is 0.235 e. The molecule has 0 bridgehead atoms. The Morgan fingerprint density at radius 3 is 2.81 bits per heavy atom. The van der Waals surface area contributed by atoms with E-state index in [-0.39, 0.29) is 16.8 Å². The van der Waals surface area contributed by atoms with Gasteiger partial charge in [-0.15, -0.1) is 0 Å². The van der Waals surface area contributed by atoms with Crippen molar-refractivity contribution in [2.24, 2.45) is 0 Å². The van der Waals surface area contributed by atoms with Crippen LogP contribution in [0.25, 0.3) is 11.0 Å². The number of sulfonamides is 1. The largest absolute Gasteiger partial charge is 0.345 e. The third-order valence-electron chi connectivity index (χ3n) is 4.59.